The molecule has 0 aromatic rings. The number of ether oxygens (including phenoxy) is 2. The van der Waals surface area contributed by atoms with E-state index in [4.69, 9.17) is 9.47 Å². The van der Waals surface area contributed by atoms with E-state index < -0.39 is 0 Å². The molecule has 2 N–H and O–H groups in total. The number of hydrogen-bond donors (Lipinski definition) is 2. The summed E-state index contributed by atoms with van der Waals surface area (Å²) in [5.74, 6) is 1.14. The maximum atomic E-state index is 12.6. The summed E-state index contributed by atoms with van der Waals surface area (Å²) < 4.78 is 11.8. The summed E-state index contributed by atoms with van der Waals surface area (Å²) in [6.07, 6.45) is 13.8. The molecule has 4 aliphatic rings. The largest absolute Gasteiger partial charge is 0.462 e. The summed E-state index contributed by atoms with van der Waals surface area (Å²) in [6, 6.07) is 0. The second-order valence-corrected chi connectivity index (χ2v) is 12.7. The third-order valence-corrected chi connectivity index (χ3v) is 10.1. The predicted molar refractivity (Wildman–Crippen MR) is 133 cm³/mol. The summed E-state index contributed by atoms with van der Waals surface area (Å²) >= 11 is 0. The second-order valence-electron chi connectivity index (χ2n) is 12.7. The molecule has 4 rings (SSSR count). The number of carbonyl (C=O) groups excluding carboxylic acids is 2. The Bertz CT molecular complexity index is 630. The Morgan fingerprint density at radius 2 is 0.857 bits per heavy atom. The first-order valence-electron chi connectivity index (χ1n) is 14.5. The SMILES string of the molecule is CC(C)(C1CCC(OC(=O)C2CCC(O)CC2)CC1)C1CCC(OC(=O)C2CCC(O)CC2)CC1. The van der Waals surface area contributed by atoms with Crippen LogP contribution in [-0.2, 0) is 19.1 Å². The van der Waals surface area contributed by atoms with E-state index in [1.807, 2.05) is 0 Å². The molecule has 0 amide bonds. The fourth-order valence-electron chi connectivity index (χ4n) is 7.33. The smallest absolute Gasteiger partial charge is 0.309 e. The number of esters is 2. The Balaban J connectivity index is 1.17. The van der Waals surface area contributed by atoms with Crippen LogP contribution >= 0.6 is 0 Å². The first kappa shape index (κ1) is 26.9. The Kier molecular flexibility index (Phi) is 9.18. The number of aliphatic hydroxyl groups is 2. The van der Waals surface area contributed by atoms with Crippen molar-refractivity contribution in [3.05, 3.63) is 0 Å². The first-order chi connectivity index (χ1) is 16.7. The van der Waals surface area contributed by atoms with E-state index in [1.54, 1.807) is 0 Å². The van der Waals surface area contributed by atoms with Crippen molar-refractivity contribution in [3.8, 4) is 0 Å². The van der Waals surface area contributed by atoms with E-state index >= 15 is 0 Å². The molecule has 0 aliphatic heterocycles. The molecule has 0 atom stereocenters. The summed E-state index contributed by atoms with van der Waals surface area (Å²) in [7, 11) is 0. The van der Waals surface area contributed by atoms with Crippen molar-refractivity contribution in [1.82, 2.24) is 0 Å². The van der Waals surface area contributed by atoms with Gasteiger partial charge in [-0.05, 0) is 120 Å². The maximum absolute atomic E-state index is 12.6. The topological polar surface area (TPSA) is 93.1 Å². The molecule has 200 valence electrons. The summed E-state index contributed by atoms with van der Waals surface area (Å²) in [5, 5.41) is 19.4. The summed E-state index contributed by atoms with van der Waals surface area (Å²) in [4.78, 5) is 25.1. The molecule has 0 aromatic heterocycles. The molecule has 4 aliphatic carbocycles. The van der Waals surface area contributed by atoms with Crippen LogP contribution in [-0.4, -0.2) is 46.6 Å². The lowest BCUT2D eigenvalue weighted by molar-refractivity contribution is -0.158. The molecule has 0 saturated heterocycles. The number of aliphatic hydroxyl groups excluding tert-OH is 2. The molecule has 0 radical (unpaired) electrons. The Labute approximate surface area is 211 Å². The van der Waals surface area contributed by atoms with Gasteiger partial charge in [-0.1, -0.05) is 13.8 Å². The number of hydrogen-bond acceptors (Lipinski definition) is 6. The van der Waals surface area contributed by atoms with Crippen molar-refractivity contribution >= 4 is 11.9 Å². The minimum Gasteiger partial charge on any atom is -0.462 e. The zero-order chi connectivity index (χ0) is 25.0. The van der Waals surface area contributed by atoms with Gasteiger partial charge in [0.25, 0.3) is 0 Å². The highest BCUT2D eigenvalue weighted by Gasteiger charge is 2.42. The Morgan fingerprint density at radius 1 is 0.543 bits per heavy atom. The third kappa shape index (κ3) is 7.00. The molecule has 0 heterocycles. The lowest BCUT2D eigenvalue weighted by Gasteiger charge is -2.46. The van der Waals surface area contributed by atoms with E-state index in [9.17, 15) is 19.8 Å². The van der Waals surface area contributed by atoms with Gasteiger partial charge < -0.3 is 19.7 Å². The van der Waals surface area contributed by atoms with E-state index in [0.717, 1.165) is 77.0 Å². The zero-order valence-electron chi connectivity index (χ0n) is 22.0. The van der Waals surface area contributed by atoms with Gasteiger partial charge in [0.05, 0.1) is 24.0 Å². The van der Waals surface area contributed by atoms with Gasteiger partial charge in [0.15, 0.2) is 0 Å². The molecule has 0 spiro atoms. The molecule has 0 aromatic carbocycles. The van der Waals surface area contributed by atoms with Gasteiger partial charge in [0.2, 0.25) is 0 Å². The Hall–Kier alpha value is -1.14. The standard InChI is InChI=1S/C29H48O6/c1-29(2,21-7-15-25(16-8-21)34-27(32)19-3-11-23(30)12-4-19)22-9-17-26(18-10-22)35-28(33)20-5-13-24(31)14-6-20/h19-26,30-31H,3-18H2,1-2H3. The van der Waals surface area contributed by atoms with Crippen molar-refractivity contribution in [2.75, 3.05) is 0 Å². The second kappa shape index (κ2) is 11.9. The lowest BCUT2D eigenvalue weighted by Crippen LogP contribution is -2.40. The van der Waals surface area contributed by atoms with Gasteiger partial charge in [0.1, 0.15) is 12.2 Å². The van der Waals surface area contributed by atoms with E-state index in [0.29, 0.717) is 37.5 Å². The molecule has 35 heavy (non-hydrogen) atoms. The Morgan fingerprint density at radius 3 is 1.17 bits per heavy atom. The van der Waals surface area contributed by atoms with Crippen LogP contribution in [0.2, 0.25) is 0 Å². The lowest BCUT2D eigenvalue weighted by atomic mass is 9.60. The highest BCUT2D eigenvalue weighted by molar-refractivity contribution is 5.73. The summed E-state index contributed by atoms with van der Waals surface area (Å²) in [5.41, 5.74) is 0.239. The molecule has 4 fully saturated rings. The van der Waals surface area contributed by atoms with Crippen LogP contribution in [0.15, 0.2) is 0 Å². The summed E-state index contributed by atoms with van der Waals surface area (Å²) in [6.45, 7) is 4.84. The quantitative estimate of drug-likeness (QED) is 0.488. The molecular formula is C29H48O6. The zero-order valence-corrected chi connectivity index (χ0v) is 22.0. The van der Waals surface area contributed by atoms with Crippen LogP contribution < -0.4 is 0 Å². The maximum Gasteiger partial charge on any atom is 0.309 e. The van der Waals surface area contributed by atoms with Crippen LogP contribution in [0.3, 0.4) is 0 Å². The van der Waals surface area contributed by atoms with Crippen LogP contribution in [0.25, 0.3) is 0 Å². The van der Waals surface area contributed by atoms with Crippen LogP contribution in [0.1, 0.15) is 117 Å². The average Bonchev–Trinajstić information content (AvgIpc) is 2.85. The third-order valence-electron chi connectivity index (χ3n) is 10.1. The number of rotatable bonds is 6. The minimum absolute atomic E-state index is 0.0263. The van der Waals surface area contributed by atoms with Crippen molar-refractivity contribution in [2.24, 2.45) is 29.1 Å². The first-order valence-corrected chi connectivity index (χ1v) is 14.5. The molecule has 0 bridgehead atoms. The van der Waals surface area contributed by atoms with Gasteiger partial charge in [-0.3, -0.25) is 9.59 Å². The van der Waals surface area contributed by atoms with E-state index in [1.165, 1.54) is 0 Å². The number of carbonyl (C=O) groups is 2. The molecule has 6 nitrogen and oxygen atoms in total. The van der Waals surface area contributed by atoms with Crippen molar-refractivity contribution < 1.29 is 29.3 Å². The van der Waals surface area contributed by atoms with Crippen LogP contribution in [0.5, 0.6) is 0 Å². The molecule has 0 unspecified atom stereocenters. The highest BCUT2D eigenvalue weighted by Crippen LogP contribution is 2.49. The normalized spacial score (nSPS) is 39.0. The van der Waals surface area contributed by atoms with Gasteiger partial charge in [-0.15, -0.1) is 0 Å². The minimum atomic E-state index is -0.245. The van der Waals surface area contributed by atoms with Gasteiger partial charge >= 0.3 is 11.9 Å². The van der Waals surface area contributed by atoms with Crippen LogP contribution in [0, 0.1) is 29.1 Å². The van der Waals surface area contributed by atoms with Gasteiger partial charge in [-0.2, -0.15) is 0 Å². The van der Waals surface area contributed by atoms with E-state index in [2.05, 4.69) is 13.8 Å². The molecule has 4 saturated carbocycles. The highest BCUT2D eigenvalue weighted by atomic mass is 16.5. The monoisotopic (exact) mass is 492 g/mol. The van der Waals surface area contributed by atoms with Gasteiger partial charge in [-0.25, -0.2) is 0 Å². The molecule has 6 heteroatoms. The van der Waals surface area contributed by atoms with Crippen molar-refractivity contribution in [2.45, 2.75) is 141 Å². The van der Waals surface area contributed by atoms with E-state index in [-0.39, 0.29) is 53.6 Å². The molecular weight excluding hydrogens is 444 g/mol. The average molecular weight is 493 g/mol. The van der Waals surface area contributed by atoms with Crippen molar-refractivity contribution in [1.29, 1.82) is 0 Å². The van der Waals surface area contributed by atoms with Crippen LogP contribution in [0.4, 0.5) is 0 Å². The van der Waals surface area contributed by atoms with Gasteiger partial charge in [0, 0.05) is 0 Å². The fraction of sp³-hybridized carbons (Fsp3) is 0.931. The fourth-order valence-corrected chi connectivity index (χ4v) is 7.33. The van der Waals surface area contributed by atoms with Crippen molar-refractivity contribution in [3.63, 3.8) is 0 Å². The predicted octanol–water partition coefficient (Wildman–Crippen LogP) is 5.32.